The van der Waals surface area contributed by atoms with Crippen molar-refractivity contribution in [3.63, 3.8) is 0 Å². The fourth-order valence-electron chi connectivity index (χ4n) is 3.29. The maximum atomic E-state index is 12.3. The molecule has 2 aromatic rings. The summed E-state index contributed by atoms with van der Waals surface area (Å²) in [5.41, 5.74) is 1.32. The first-order valence-corrected chi connectivity index (χ1v) is 10.2. The highest BCUT2D eigenvalue weighted by Crippen LogP contribution is 2.27. The second-order valence-corrected chi connectivity index (χ2v) is 7.26. The molecule has 1 fully saturated rings. The first kappa shape index (κ1) is 22.1. The Morgan fingerprint density at radius 2 is 1.90 bits per heavy atom. The van der Waals surface area contributed by atoms with Crippen molar-refractivity contribution in [2.24, 2.45) is 5.92 Å². The minimum Gasteiger partial charge on any atom is -0.497 e. The summed E-state index contributed by atoms with van der Waals surface area (Å²) in [6, 6.07) is 14.0. The topological polar surface area (TPSA) is 97.0 Å². The van der Waals surface area contributed by atoms with Gasteiger partial charge in [0.2, 0.25) is 11.8 Å². The molecule has 1 aliphatic heterocycles. The van der Waals surface area contributed by atoms with Crippen molar-refractivity contribution in [3.8, 4) is 11.5 Å². The van der Waals surface area contributed by atoms with E-state index in [-0.39, 0.29) is 36.7 Å². The van der Waals surface area contributed by atoms with Crippen LogP contribution in [0.4, 0.5) is 11.4 Å². The Labute approximate surface area is 181 Å². The van der Waals surface area contributed by atoms with E-state index in [1.54, 1.807) is 60.5 Å². The molecule has 0 radical (unpaired) electrons. The zero-order valence-corrected chi connectivity index (χ0v) is 17.7. The van der Waals surface area contributed by atoms with Crippen LogP contribution in [-0.2, 0) is 14.4 Å². The molecule has 0 aromatic heterocycles. The summed E-state index contributed by atoms with van der Waals surface area (Å²) in [6.45, 7) is 2.80. The lowest BCUT2D eigenvalue weighted by atomic mass is 10.1. The molecule has 1 aliphatic rings. The van der Waals surface area contributed by atoms with Crippen LogP contribution in [0.2, 0.25) is 0 Å². The first-order valence-electron chi connectivity index (χ1n) is 10.2. The Kier molecular flexibility index (Phi) is 7.48. The lowest BCUT2D eigenvalue weighted by molar-refractivity contribution is -0.126. The lowest BCUT2D eigenvalue weighted by Gasteiger charge is -2.17. The van der Waals surface area contributed by atoms with Crippen molar-refractivity contribution in [2.75, 3.05) is 37.0 Å². The van der Waals surface area contributed by atoms with Gasteiger partial charge in [0.15, 0.2) is 6.61 Å². The van der Waals surface area contributed by atoms with Crippen molar-refractivity contribution in [1.82, 2.24) is 5.32 Å². The largest absolute Gasteiger partial charge is 0.497 e. The molecule has 31 heavy (non-hydrogen) atoms. The van der Waals surface area contributed by atoms with Crippen LogP contribution in [0, 0.1) is 5.92 Å². The number of rotatable bonds is 9. The van der Waals surface area contributed by atoms with Gasteiger partial charge in [0, 0.05) is 37.0 Å². The van der Waals surface area contributed by atoms with Crippen LogP contribution in [0.15, 0.2) is 48.5 Å². The molecule has 0 saturated carbocycles. The predicted molar refractivity (Wildman–Crippen MR) is 117 cm³/mol. The number of carbonyl (C=O) groups excluding carboxylic acids is 3. The van der Waals surface area contributed by atoms with Crippen molar-refractivity contribution >= 4 is 29.1 Å². The smallest absolute Gasteiger partial charge is 0.262 e. The Morgan fingerprint density at radius 3 is 2.61 bits per heavy atom. The zero-order valence-electron chi connectivity index (χ0n) is 17.7. The van der Waals surface area contributed by atoms with Gasteiger partial charge in [0.1, 0.15) is 11.5 Å². The molecule has 1 unspecified atom stereocenters. The molecule has 0 bridgehead atoms. The molecule has 0 aliphatic carbocycles. The molecular formula is C23H27N3O5. The van der Waals surface area contributed by atoms with E-state index in [1.807, 2.05) is 6.92 Å². The predicted octanol–water partition coefficient (Wildman–Crippen LogP) is 2.59. The summed E-state index contributed by atoms with van der Waals surface area (Å²) >= 11 is 0. The highest BCUT2D eigenvalue weighted by atomic mass is 16.5. The van der Waals surface area contributed by atoms with Crippen LogP contribution in [0.3, 0.4) is 0 Å². The molecule has 1 heterocycles. The van der Waals surface area contributed by atoms with Crippen LogP contribution in [-0.4, -0.2) is 44.5 Å². The summed E-state index contributed by atoms with van der Waals surface area (Å²) in [6.07, 6.45) is 1.06. The van der Waals surface area contributed by atoms with Gasteiger partial charge >= 0.3 is 0 Å². The van der Waals surface area contributed by atoms with Crippen LogP contribution in [0.1, 0.15) is 19.8 Å². The third kappa shape index (κ3) is 5.97. The van der Waals surface area contributed by atoms with Crippen LogP contribution >= 0.6 is 0 Å². The van der Waals surface area contributed by atoms with Gasteiger partial charge in [-0.3, -0.25) is 14.4 Å². The molecule has 1 atom stereocenters. The Balaban J connectivity index is 1.51. The standard InChI is InChI=1S/C23H27N3O5/c1-3-11-24-23(29)16-12-22(28)26(14-16)18-7-9-19(10-8-18)31-15-21(27)25-17-5-4-6-20(13-17)30-2/h4-10,13,16H,3,11-12,14-15H2,1-2H3,(H,24,29)(H,25,27). The lowest BCUT2D eigenvalue weighted by Crippen LogP contribution is -2.33. The second-order valence-electron chi connectivity index (χ2n) is 7.26. The number of anilines is 2. The number of methoxy groups -OCH3 is 1. The number of nitrogens with one attached hydrogen (secondary N) is 2. The summed E-state index contributed by atoms with van der Waals surface area (Å²) in [7, 11) is 1.56. The van der Waals surface area contributed by atoms with Gasteiger partial charge < -0.3 is 25.0 Å². The Hall–Kier alpha value is -3.55. The molecule has 3 rings (SSSR count). The number of nitrogens with zero attached hydrogens (tertiary/aromatic N) is 1. The van der Waals surface area contributed by atoms with Crippen LogP contribution in [0.25, 0.3) is 0 Å². The number of amides is 3. The molecule has 164 valence electrons. The number of ether oxygens (including phenoxy) is 2. The SMILES string of the molecule is CCCNC(=O)C1CC(=O)N(c2ccc(OCC(=O)Nc3cccc(OC)c3)cc2)C1. The average molecular weight is 425 g/mol. The van der Waals surface area contributed by atoms with Gasteiger partial charge in [-0.05, 0) is 42.8 Å². The van der Waals surface area contributed by atoms with E-state index in [1.165, 1.54) is 0 Å². The van der Waals surface area contributed by atoms with E-state index in [0.717, 1.165) is 6.42 Å². The molecular weight excluding hydrogens is 398 g/mol. The minimum absolute atomic E-state index is 0.0806. The van der Waals surface area contributed by atoms with E-state index in [4.69, 9.17) is 9.47 Å². The van der Waals surface area contributed by atoms with E-state index in [2.05, 4.69) is 10.6 Å². The zero-order chi connectivity index (χ0) is 22.2. The fraction of sp³-hybridized carbons (Fsp3) is 0.348. The third-order valence-electron chi connectivity index (χ3n) is 4.92. The van der Waals surface area contributed by atoms with E-state index in [9.17, 15) is 14.4 Å². The monoisotopic (exact) mass is 425 g/mol. The van der Waals surface area contributed by atoms with Gasteiger partial charge in [0.05, 0.1) is 13.0 Å². The quantitative estimate of drug-likeness (QED) is 0.644. The average Bonchev–Trinajstić information content (AvgIpc) is 3.18. The second kappa shape index (κ2) is 10.5. The summed E-state index contributed by atoms with van der Waals surface area (Å²) in [4.78, 5) is 38.2. The normalized spacial score (nSPS) is 15.5. The molecule has 3 amide bonds. The first-order chi connectivity index (χ1) is 15.0. The molecule has 1 saturated heterocycles. The molecule has 2 N–H and O–H groups in total. The van der Waals surface area contributed by atoms with Crippen molar-refractivity contribution in [3.05, 3.63) is 48.5 Å². The Morgan fingerprint density at radius 1 is 1.13 bits per heavy atom. The summed E-state index contributed by atoms with van der Waals surface area (Å²) in [5, 5.41) is 5.59. The number of hydrogen-bond acceptors (Lipinski definition) is 5. The molecule has 2 aromatic carbocycles. The van der Waals surface area contributed by atoms with Crippen LogP contribution in [0.5, 0.6) is 11.5 Å². The highest BCUT2D eigenvalue weighted by molar-refractivity contribution is 6.00. The van der Waals surface area contributed by atoms with Crippen molar-refractivity contribution in [1.29, 1.82) is 0 Å². The Bertz CT molecular complexity index is 929. The number of hydrogen-bond donors (Lipinski definition) is 2. The van der Waals surface area contributed by atoms with E-state index >= 15 is 0 Å². The third-order valence-corrected chi connectivity index (χ3v) is 4.92. The van der Waals surface area contributed by atoms with Crippen molar-refractivity contribution < 1.29 is 23.9 Å². The molecule has 8 nitrogen and oxygen atoms in total. The van der Waals surface area contributed by atoms with E-state index in [0.29, 0.717) is 36.0 Å². The van der Waals surface area contributed by atoms with Crippen molar-refractivity contribution in [2.45, 2.75) is 19.8 Å². The number of carbonyl (C=O) groups is 3. The van der Waals surface area contributed by atoms with Gasteiger partial charge in [0.25, 0.3) is 5.91 Å². The van der Waals surface area contributed by atoms with Gasteiger partial charge in [-0.25, -0.2) is 0 Å². The van der Waals surface area contributed by atoms with Gasteiger partial charge in [-0.2, -0.15) is 0 Å². The minimum atomic E-state index is -0.338. The van der Waals surface area contributed by atoms with Crippen LogP contribution < -0.4 is 25.0 Å². The maximum absolute atomic E-state index is 12.3. The highest BCUT2D eigenvalue weighted by Gasteiger charge is 2.34. The van der Waals surface area contributed by atoms with Gasteiger partial charge in [-0.15, -0.1) is 0 Å². The molecule has 8 heteroatoms. The summed E-state index contributed by atoms with van der Waals surface area (Å²) < 4.78 is 10.7. The van der Waals surface area contributed by atoms with Gasteiger partial charge in [-0.1, -0.05) is 13.0 Å². The maximum Gasteiger partial charge on any atom is 0.262 e. The molecule has 0 spiro atoms. The fourth-order valence-corrected chi connectivity index (χ4v) is 3.29. The van der Waals surface area contributed by atoms with E-state index < -0.39 is 0 Å². The summed E-state index contributed by atoms with van der Waals surface area (Å²) in [5.74, 6) is 0.357. The number of benzene rings is 2.